The maximum Gasteiger partial charge on any atom is 0.323 e. The van der Waals surface area contributed by atoms with Crippen molar-refractivity contribution in [3.8, 4) is 5.75 Å². The fourth-order valence-electron chi connectivity index (χ4n) is 5.38. The molecule has 0 saturated carbocycles. The van der Waals surface area contributed by atoms with Crippen molar-refractivity contribution in [2.45, 2.75) is 37.8 Å². The molecule has 0 fully saturated rings. The second kappa shape index (κ2) is 13.3. The number of benzene rings is 4. The lowest BCUT2D eigenvalue weighted by Gasteiger charge is -2.38. The van der Waals surface area contributed by atoms with Crippen LogP contribution in [0, 0.1) is 12.8 Å². The molecule has 45 heavy (non-hydrogen) atoms. The van der Waals surface area contributed by atoms with Crippen LogP contribution >= 0.6 is 0 Å². The predicted octanol–water partition coefficient (Wildman–Crippen LogP) is 5.33. The van der Waals surface area contributed by atoms with Crippen LogP contribution in [0.25, 0.3) is 10.8 Å². The van der Waals surface area contributed by atoms with Gasteiger partial charge < -0.3 is 25.4 Å². The second-order valence-corrected chi connectivity index (χ2v) is 13.6. The summed E-state index contributed by atoms with van der Waals surface area (Å²) in [5.74, 6) is -0.389. The molecule has 3 atom stereocenters. The van der Waals surface area contributed by atoms with Crippen molar-refractivity contribution in [1.29, 1.82) is 0 Å². The Balaban J connectivity index is 1.41. The van der Waals surface area contributed by atoms with Crippen molar-refractivity contribution in [3.63, 3.8) is 0 Å². The van der Waals surface area contributed by atoms with E-state index in [4.69, 9.17) is 4.74 Å². The highest BCUT2D eigenvalue weighted by molar-refractivity contribution is 7.89. The average Bonchev–Trinajstić information content (AvgIpc) is 3.03. The number of aliphatic hydroxyl groups is 1. The summed E-state index contributed by atoms with van der Waals surface area (Å²) in [7, 11) is -2.30. The zero-order chi connectivity index (χ0) is 32.3. The van der Waals surface area contributed by atoms with Gasteiger partial charge in [0.1, 0.15) is 11.9 Å². The third-order valence-electron chi connectivity index (χ3n) is 8.13. The average molecular weight is 631 g/mol. The smallest absolute Gasteiger partial charge is 0.323 e. The summed E-state index contributed by atoms with van der Waals surface area (Å²) < 4.78 is 34.4. The van der Waals surface area contributed by atoms with Gasteiger partial charge in [-0.15, -0.1) is 0 Å². The number of anilines is 2. The first-order valence-corrected chi connectivity index (χ1v) is 16.2. The predicted molar refractivity (Wildman–Crippen MR) is 175 cm³/mol. The standard InChI is InChI=1S/C34H38N4O6S/c1-22-12-15-27(16-13-22)45(42,43)37(4)20-32-23(2)19-38(24(3)21-39)33(40)29-18-26(14-17-31(29)44-32)35-34(41)36-30-11-7-9-25-8-5-6-10-28(25)30/h5-18,23-24,32,39H,19-21H2,1-4H3,(H2,35,36,41)/t23-,24-,32-/m1/s1. The van der Waals surface area contributed by atoms with Gasteiger partial charge in [0.2, 0.25) is 10.0 Å². The molecule has 10 nitrogen and oxygen atoms in total. The van der Waals surface area contributed by atoms with Crippen LogP contribution in [0.15, 0.2) is 89.8 Å². The van der Waals surface area contributed by atoms with Gasteiger partial charge in [-0.1, -0.05) is 61.0 Å². The van der Waals surface area contributed by atoms with Gasteiger partial charge in [0.05, 0.1) is 35.3 Å². The Morgan fingerprint density at radius 2 is 1.76 bits per heavy atom. The first kappa shape index (κ1) is 32.0. The van der Waals surface area contributed by atoms with E-state index in [0.717, 1.165) is 16.3 Å². The lowest BCUT2D eigenvalue weighted by Crippen LogP contribution is -2.50. The molecule has 3 amide bonds. The van der Waals surface area contributed by atoms with E-state index in [1.807, 2.05) is 56.3 Å². The Morgan fingerprint density at radius 1 is 1.04 bits per heavy atom. The van der Waals surface area contributed by atoms with E-state index < -0.39 is 28.2 Å². The number of urea groups is 1. The highest BCUT2D eigenvalue weighted by atomic mass is 32.2. The molecule has 11 heteroatoms. The number of rotatable bonds is 8. The lowest BCUT2D eigenvalue weighted by atomic mass is 9.99. The largest absolute Gasteiger partial charge is 0.488 e. The van der Waals surface area contributed by atoms with E-state index in [1.54, 1.807) is 48.2 Å². The van der Waals surface area contributed by atoms with Gasteiger partial charge in [0.25, 0.3) is 5.91 Å². The van der Waals surface area contributed by atoms with Crippen molar-refractivity contribution in [3.05, 3.63) is 96.1 Å². The van der Waals surface area contributed by atoms with Crippen LogP contribution in [0.3, 0.4) is 0 Å². The Bertz CT molecular complexity index is 1810. The number of likely N-dealkylation sites (N-methyl/N-ethyl adjacent to an activating group) is 1. The molecular weight excluding hydrogens is 592 g/mol. The number of sulfonamides is 1. The molecule has 0 saturated heterocycles. The number of amides is 3. The molecule has 4 aromatic rings. The van der Waals surface area contributed by atoms with Gasteiger partial charge in [-0.3, -0.25) is 4.79 Å². The van der Waals surface area contributed by atoms with Crippen molar-refractivity contribution in [1.82, 2.24) is 9.21 Å². The molecular formula is C34H38N4O6S. The van der Waals surface area contributed by atoms with E-state index in [1.165, 1.54) is 17.4 Å². The van der Waals surface area contributed by atoms with Crippen LogP contribution < -0.4 is 15.4 Å². The minimum absolute atomic E-state index is 0.0276. The van der Waals surface area contributed by atoms with Gasteiger partial charge >= 0.3 is 6.03 Å². The van der Waals surface area contributed by atoms with Crippen molar-refractivity contribution >= 4 is 44.1 Å². The topological polar surface area (TPSA) is 128 Å². The number of fused-ring (bicyclic) bond motifs is 2. The molecule has 1 aliphatic heterocycles. The molecule has 0 radical (unpaired) electrons. The number of aliphatic hydroxyl groups excluding tert-OH is 1. The summed E-state index contributed by atoms with van der Waals surface area (Å²) in [6.07, 6.45) is -0.621. The number of hydrogen-bond donors (Lipinski definition) is 3. The van der Waals surface area contributed by atoms with E-state index in [0.29, 0.717) is 11.4 Å². The highest BCUT2D eigenvalue weighted by Crippen LogP contribution is 2.31. The fourth-order valence-corrected chi connectivity index (χ4v) is 6.56. The van der Waals surface area contributed by atoms with Gasteiger partial charge in [-0.05, 0) is 55.6 Å². The first-order valence-electron chi connectivity index (χ1n) is 14.8. The zero-order valence-electron chi connectivity index (χ0n) is 25.7. The van der Waals surface area contributed by atoms with Gasteiger partial charge in [-0.2, -0.15) is 4.31 Å². The van der Waals surface area contributed by atoms with Crippen molar-refractivity contribution in [2.75, 3.05) is 37.4 Å². The minimum atomic E-state index is -3.80. The molecule has 1 aliphatic rings. The summed E-state index contributed by atoms with van der Waals surface area (Å²) in [4.78, 5) is 28.6. The maximum atomic E-state index is 13.8. The molecule has 0 aromatic heterocycles. The number of ether oxygens (including phenoxy) is 1. The summed E-state index contributed by atoms with van der Waals surface area (Å²) >= 11 is 0. The van der Waals surface area contributed by atoms with Gasteiger partial charge in [-0.25, -0.2) is 13.2 Å². The summed E-state index contributed by atoms with van der Waals surface area (Å²) in [6, 6.07) is 23.8. The SMILES string of the molecule is Cc1ccc(S(=O)(=O)N(C)C[C@H]2Oc3ccc(NC(=O)Nc4cccc5ccccc45)cc3C(=O)N([C@H](C)CO)C[C@H]2C)cc1. The number of carbonyl (C=O) groups is 2. The summed E-state index contributed by atoms with van der Waals surface area (Å²) in [5.41, 5.74) is 2.15. The molecule has 3 N–H and O–H groups in total. The molecule has 0 aliphatic carbocycles. The van der Waals surface area contributed by atoms with E-state index in [2.05, 4.69) is 10.6 Å². The molecule has 0 spiro atoms. The fraction of sp³-hybridized carbons (Fsp3) is 0.294. The minimum Gasteiger partial charge on any atom is -0.488 e. The number of carbonyl (C=O) groups excluding carboxylic acids is 2. The number of nitrogens with one attached hydrogen (secondary N) is 2. The van der Waals surface area contributed by atoms with Gasteiger partial charge in [0, 0.05) is 30.6 Å². The maximum absolute atomic E-state index is 13.8. The van der Waals surface area contributed by atoms with Crippen molar-refractivity contribution < 1.29 is 27.9 Å². The monoisotopic (exact) mass is 630 g/mol. The van der Waals surface area contributed by atoms with Crippen molar-refractivity contribution in [2.24, 2.45) is 5.92 Å². The summed E-state index contributed by atoms with van der Waals surface area (Å²) in [5, 5.41) is 17.5. The molecule has 0 bridgehead atoms. The highest BCUT2D eigenvalue weighted by Gasteiger charge is 2.35. The van der Waals surface area contributed by atoms with Gasteiger partial charge in [0.15, 0.2) is 0 Å². The number of aryl methyl sites for hydroxylation is 1. The second-order valence-electron chi connectivity index (χ2n) is 11.5. The third kappa shape index (κ3) is 6.95. The van der Waals surface area contributed by atoms with Crippen LogP contribution in [0.2, 0.25) is 0 Å². The number of nitrogens with zero attached hydrogens (tertiary/aromatic N) is 2. The van der Waals surface area contributed by atoms with Crippen LogP contribution in [-0.2, 0) is 10.0 Å². The molecule has 236 valence electrons. The molecule has 5 rings (SSSR count). The van der Waals surface area contributed by atoms with E-state index >= 15 is 0 Å². The molecule has 1 heterocycles. The quantitative estimate of drug-likeness (QED) is 0.241. The first-order chi connectivity index (χ1) is 21.5. The normalized spacial score (nSPS) is 17.6. The lowest BCUT2D eigenvalue weighted by molar-refractivity contribution is 0.0387. The number of hydrogen-bond acceptors (Lipinski definition) is 6. The molecule has 4 aromatic carbocycles. The van der Waals surface area contributed by atoms with Crippen LogP contribution in [0.5, 0.6) is 5.75 Å². The van der Waals surface area contributed by atoms with Crippen LogP contribution in [-0.4, -0.2) is 73.6 Å². The van der Waals surface area contributed by atoms with E-state index in [9.17, 15) is 23.1 Å². The Labute approximate surface area is 263 Å². The summed E-state index contributed by atoms with van der Waals surface area (Å²) in [6.45, 7) is 5.52. The molecule has 0 unspecified atom stereocenters. The van der Waals surface area contributed by atoms with Crippen LogP contribution in [0.4, 0.5) is 16.2 Å². The Morgan fingerprint density at radius 3 is 2.49 bits per heavy atom. The van der Waals surface area contributed by atoms with E-state index in [-0.39, 0.29) is 47.7 Å². The Kier molecular flexibility index (Phi) is 9.42. The van der Waals surface area contributed by atoms with Crippen LogP contribution in [0.1, 0.15) is 29.8 Å². The Hall–Kier alpha value is -4.45. The third-order valence-corrected chi connectivity index (χ3v) is 9.96. The zero-order valence-corrected chi connectivity index (χ0v) is 26.5.